The van der Waals surface area contributed by atoms with Crippen LogP contribution in [0.3, 0.4) is 0 Å². The number of aromatic nitrogens is 1. The van der Waals surface area contributed by atoms with Crippen molar-refractivity contribution >= 4 is 11.7 Å². The summed E-state index contributed by atoms with van der Waals surface area (Å²) in [7, 11) is 7.70. The number of amides is 1. The number of pyridine rings is 1. The topological polar surface area (TPSA) is 48.5 Å². The molecule has 0 saturated carbocycles. The summed E-state index contributed by atoms with van der Waals surface area (Å²) in [4.78, 5) is 20.0. The third kappa shape index (κ3) is 4.03. The van der Waals surface area contributed by atoms with Crippen LogP contribution in [-0.2, 0) is 0 Å². The summed E-state index contributed by atoms with van der Waals surface area (Å²) < 4.78 is 0. The highest BCUT2D eigenvalue weighted by Gasteiger charge is 2.12. The minimum Gasteiger partial charge on any atom is -0.362 e. The Morgan fingerprint density at radius 1 is 1.35 bits per heavy atom. The van der Waals surface area contributed by atoms with Gasteiger partial charge < -0.3 is 15.1 Å². The van der Waals surface area contributed by atoms with Crippen LogP contribution in [0.4, 0.5) is 5.82 Å². The van der Waals surface area contributed by atoms with Crippen molar-refractivity contribution in [3.8, 4) is 0 Å². The van der Waals surface area contributed by atoms with Crippen molar-refractivity contribution in [2.45, 2.75) is 0 Å². The summed E-state index contributed by atoms with van der Waals surface area (Å²) in [5, 5.41) is 2.88. The van der Waals surface area contributed by atoms with Crippen LogP contribution in [-0.4, -0.2) is 57.1 Å². The number of anilines is 1. The lowest BCUT2D eigenvalue weighted by atomic mass is 10.2. The molecule has 0 aliphatic rings. The Morgan fingerprint density at radius 2 is 2.06 bits per heavy atom. The summed E-state index contributed by atoms with van der Waals surface area (Å²) in [6, 6.07) is 3.56. The van der Waals surface area contributed by atoms with Gasteiger partial charge in [0.25, 0.3) is 5.91 Å². The standard InChI is InChI=1S/C12H20N4O/c1-15(2)9-8-14-12(17)10-6-5-7-13-11(10)16(3)4/h5-7H,8-9H2,1-4H3,(H,14,17). The van der Waals surface area contributed by atoms with E-state index >= 15 is 0 Å². The van der Waals surface area contributed by atoms with Gasteiger partial charge in [0.05, 0.1) is 5.56 Å². The number of nitrogens with one attached hydrogen (secondary N) is 1. The third-order valence-corrected chi connectivity index (χ3v) is 2.30. The Morgan fingerprint density at radius 3 is 2.65 bits per heavy atom. The molecule has 0 saturated heterocycles. The zero-order valence-corrected chi connectivity index (χ0v) is 10.9. The van der Waals surface area contributed by atoms with Gasteiger partial charge in [-0.3, -0.25) is 4.79 Å². The van der Waals surface area contributed by atoms with Crippen molar-refractivity contribution in [2.24, 2.45) is 0 Å². The molecule has 0 aliphatic carbocycles. The molecule has 1 N–H and O–H groups in total. The Hall–Kier alpha value is -1.62. The Bertz CT molecular complexity index is 377. The van der Waals surface area contributed by atoms with Crippen LogP contribution in [0.15, 0.2) is 18.3 Å². The molecule has 0 aliphatic heterocycles. The maximum Gasteiger partial charge on any atom is 0.255 e. The lowest BCUT2D eigenvalue weighted by Gasteiger charge is -2.16. The second-order valence-electron chi connectivity index (χ2n) is 4.33. The van der Waals surface area contributed by atoms with Crippen LogP contribution in [0, 0.1) is 0 Å². The number of hydrogen-bond donors (Lipinski definition) is 1. The first kappa shape index (κ1) is 13.4. The van der Waals surface area contributed by atoms with Crippen LogP contribution in [0.25, 0.3) is 0 Å². The molecule has 0 radical (unpaired) electrons. The van der Waals surface area contributed by atoms with E-state index in [9.17, 15) is 4.79 Å². The molecule has 0 atom stereocenters. The molecular formula is C12H20N4O. The predicted molar refractivity (Wildman–Crippen MR) is 69.5 cm³/mol. The molecule has 17 heavy (non-hydrogen) atoms. The summed E-state index contributed by atoms with van der Waals surface area (Å²) >= 11 is 0. The first-order valence-corrected chi connectivity index (χ1v) is 5.57. The largest absolute Gasteiger partial charge is 0.362 e. The van der Waals surface area contributed by atoms with Gasteiger partial charge in [-0.15, -0.1) is 0 Å². The highest BCUT2D eigenvalue weighted by Crippen LogP contribution is 2.13. The Kier molecular flexibility index (Phi) is 4.90. The van der Waals surface area contributed by atoms with E-state index < -0.39 is 0 Å². The van der Waals surface area contributed by atoms with E-state index in [1.165, 1.54) is 0 Å². The van der Waals surface area contributed by atoms with Crippen molar-refractivity contribution in [1.82, 2.24) is 15.2 Å². The first-order chi connectivity index (χ1) is 8.02. The molecule has 1 amide bonds. The fraction of sp³-hybridized carbons (Fsp3) is 0.500. The van der Waals surface area contributed by atoms with Crippen LogP contribution < -0.4 is 10.2 Å². The van der Waals surface area contributed by atoms with Crippen LogP contribution in [0.1, 0.15) is 10.4 Å². The predicted octanol–water partition coefficient (Wildman–Crippen LogP) is 0.439. The lowest BCUT2D eigenvalue weighted by Crippen LogP contribution is -2.32. The van der Waals surface area contributed by atoms with Gasteiger partial charge >= 0.3 is 0 Å². The monoisotopic (exact) mass is 236 g/mol. The van der Waals surface area contributed by atoms with Crippen LogP contribution in [0.2, 0.25) is 0 Å². The normalized spacial score (nSPS) is 10.4. The fourth-order valence-corrected chi connectivity index (χ4v) is 1.42. The van der Waals surface area contributed by atoms with Gasteiger partial charge in [0.1, 0.15) is 5.82 Å². The zero-order valence-electron chi connectivity index (χ0n) is 10.9. The summed E-state index contributed by atoms with van der Waals surface area (Å²) in [6.45, 7) is 1.46. The minimum absolute atomic E-state index is 0.0800. The summed E-state index contributed by atoms with van der Waals surface area (Å²) in [5.74, 6) is 0.610. The molecule has 5 heteroatoms. The number of rotatable bonds is 5. The number of carbonyl (C=O) groups is 1. The van der Waals surface area contributed by atoms with Gasteiger partial charge in [-0.25, -0.2) is 4.98 Å². The molecule has 0 unspecified atom stereocenters. The van der Waals surface area contributed by atoms with Crippen molar-refractivity contribution in [3.63, 3.8) is 0 Å². The minimum atomic E-state index is -0.0800. The SMILES string of the molecule is CN(C)CCNC(=O)c1cccnc1N(C)C. The Balaban J connectivity index is 2.68. The number of hydrogen-bond acceptors (Lipinski definition) is 4. The fourth-order valence-electron chi connectivity index (χ4n) is 1.42. The molecule has 0 aromatic carbocycles. The van der Waals surface area contributed by atoms with Crippen molar-refractivity contribution in [1.29, 1.82) is 0 Å². The van der Waals surface area contributed by atoms with Gasteiger partial charge in [-0.05, 0) is 26.2 Å². The third-order valence-electron chi connectivity index (χ3n) is 2.30. The lowest BCUT2D eigenvalue weighted by molar-refractivity contribution is 0.0951. The zero-order chi connectivity index (χ0) is 12.8. The number of carbonyl (C=O) groups excluding carboxylic acids is 1. The Labute approximate surface area is 102 Å². The van der Waals surface area contributed by atoms with E-state index in [4.69, 9.17) is 0 Å². The van der Waals surface area contributed by atoms with Gasteiger partial charge in [-0.1, -0.05) is 0 Å². The highest BCUT2D eigenvalue weighted by molar-refractivity contribution is 5.98. The van der Waals surface area contributed by atoms with Crippen molar-refractivity contribution < 1.29 is 4.79 Å². The highest BCUT2D eigenvalue weighted by atomic mass is 16.1. The number of likely N-dealkylation sites (N-methyl/N-ethyl adjacent to an activating group) is 1. The van der Waals surface area contributed by atoms with Crippen LogP contribution in [0.5, 0.6) is 0 Å². The molecule has 1 aromatic heterocycles. The maximum atomic E-state index is 12.0. The van der Waals surface area contributed by atoms with Crippen molar-refractivity contribution in [3.05, 3.63) is 23.9 Å². The van der Waals surface area contributed by atoms with Crippen LogP contribution >= 0.6 is 0 Å². The summed E-state index contributed by atoms with van der Waals surface area (Å²) in [5.41, 5.74) is 0.608. The number of nitrogens with zero attached hydrogens (tertiary/aromatic N) is 3. The van der Waals surface area contributed by atoms with E-state index in [1.54, 1.807) is 18.3 Å². The van der Waals surface area contributed by atoms with Gasteiger partial charge in [0.15, 0.2) is 0 Å². The van der Waals surface area contributed by atoms with E-state index in [-0.39, 0.29) is 5.91 Å². The van der Waals surface area contributed by atoms with Gasteiger partial charge in [0, 0.05) is 33.4 Å². The molecule has 1 rings (SSSR count). The molecule has 1 heterocycles. The van der Waals surface area contributed by atoms with Crippen molar-refractivity contribution in [2.75, 3.05) is 46.2 Å². The maximum absolute atomic E-state index is 12.0. The average molecular weight is 236 g/mol. The molecule has 0 fully saturated rings. The first-order valence-electron chi connectivity index (χ1n) is 5.57. The van der Waals surface area contributed by atoms with E-state index in [2.05, 4.69) is 10.3 Å². The van der Waals surface area contributed by atoms with E-state index in [0.717, 1.165) is 6.54 Å². The second-order valence-corrected chi connectivity index (χ2v) is 4.33. The van der Waals surface area contributed by atoms with Gasteiger partial charge in [-0.2, -0.15) is 0 Å². The molecular weight excluding hydrogens is 216 g/mol. The molecule has 94 valence electrons. The average Bonchev–Trinajstić information content (AvgIpc) is 2.28. The molecule has 5 nitrogen and oxygen atoms in total. The quantitative estimate of drug-likeness (QED) is 0.806. The molecule has 1 aromatic rings. The molecule has 0 bridgehead atoms. The van der Waals surface area contributed by atoms with Gasteiger partial charge in [0.2, 0.25) is 0 Å². The van der Waals surface area contributed by atoms with E-state index in [1.807, 2.05) is 38.0 Å². The smallest absolute Gasteiger partial charge is 0.255 e. The second kappa shape index (κ2) is 6.20. The molecule has 0 spiro atoms. The summed E-state index contributed by atoms with van der Waals surface area (Å²) in [6.07, 6.45) is 1.69. The van der Waals surface area contributed by atoms with E-state index in [0.29, 0.717) is 17.9 Å².